The molecule has 1 fully saturated rings. The number of hydrogen-bond donors (Lipinski definition) is 1. The summed E-state index contributed by atoms with van der Waals surface area (Å²) in [6.45, 7) is 0.596. The second-order valence-electron chi connectivity index (χ2n) is 11.9. The van der Waals surface area contributed by atoms with Crippen molar-refractivity contribution in [3.05, 3.63) is 108 Å². The Morgan fingerprint density at radius 1 is 0.980 bits per heavy atom. The standard InChI is InChI=1S/C35H24ClF4N9O2/c36-35(39,40)51-26-3-1-25(2-4-26)45-33(50)21-11-27(32(44-15-21)48-8-6-23(37)18-48)19-10-28-30(43-14-19)12-22-17-49(47-31(22)28)34-42-7-5-29(46-34)20-9-24(38)16-41-13-20/h1-5,7,9-11,13-17,23H,6,8,12,18H2,(H,45,50)/t23-/m1/s1. The number of nitrogens with one attached hydrogen (secondary N) is 1. The highest BCUT2D eigenvalue weighted by atomic mass is 35.5. The Hall–Kier alpha value is -5.96. The first-order valence-corrected chi connectivity index (χ1v) is 16.0. The minimum atomic E-state index is -3.87. The number of rotatable bonds is 8. The third-order valence-corrected chi connectivity index (χ3v) is 8.51. The van der Waals surface area contributed by atoms with Gasteiger partial charge in [-0.05, 0) is 55.0 Å². The van der Waals surface area contributed by atoms with E-state index in [0.29, 0.717) is 59.0 Å². The zero-order valence-corrected chi connectivity index (χ0v) is 27.0. The molecule has 256 valence electrons. The lowest BCUT2D eigenvalue weighted by molar-refractivity contribution is -0.0964. The van der Waals surface area contributed by atoms with E-state index in [-0.39, 0.29) is 23.8 Å². The summed E-state index contributed by atoms with van der Waals surface area (Å²) < 4.78 is 60.0. The maximum atomic E-state index is 14.3. The van der Waals surface area contributed by atoms with E-state index >= 15 is 0 Å². The van der Waals surface area contributed by atoms with Gasteiger partial charge in [0.15, 0.2) is 0 Å². The summed E-state index contributed by atoms with van der Waals surface area (Å²) in [6, 6.07) is 11.9. The van der Waals surface area contributed by atoms with Crippen molar-refractivity contribution in [2.24, 2.45) is 0 Å². The van der Waals surface area contributed by atoms with Crippen LogP contribution in [0.2, 0.25) is 0 Å². The molecular weight excluding hydrogens is 690 g/mol. The lowest BCUT2D eigenvalue weighted by Crippen LogP contribution is -2.22. The smallest absolute Gasteiger partial charge is 0.420 e. The van der Waals surface area contributed by atoms with Gasteiger partial charge in [-0.3, -0.25) is 14.8 Å². The summed E-state index contributed by atoms with van der Waals surface area (Å²) in [5, 5.41) is 7.50. The predicted octanol–water partition coefficient (Wildman–Crippen LogP) is 6.86. The van der Waals surface area contributed by atoms with E-state index in [1.807, 2.05) is 17.2 Å². The highest BCUT2D eigenvalue weighted by Gasteiger charge is 2.30. The summed E-state index contributed by atoms with van der Waals surface area (Å²) >= 11 is 4.83. The quantitative estimate of drug-likeness (QED) is 0.133. The Bertz CT molecular complexity index is 2300. The lowest BCUT2D eigenvalue weighted by atomic mass is 10.0. The van der Waals surface area contributed by atoms with E-state index < -0.39 is 23.5 Å². The lowest BCUT2D eigenvalue weighted by Gasteiger charge is -2.21. The third kappa shape index (κ3) is 6.67. The number of anilines is 2. The molecule has 1 atom stereocenters. The van der Waals surface area contributed by atoms with Crippen LogP contribution in [0.25, 0.3) is 39.6 Å². The molecular formula is C35H24ClF4N9O2. The summed E-state index contributed by atoms with van der Waals surface area (Å²) in [5.74, 6) is -0.390. The molecule has 8 rings (SSSR count). The topological polar surface area (TPSA) is 124 Å². The van der Waals surface area contributed by atoms with Crippen LogP contribution in [0, 0.1) is 5.82 Å². The fourth-order valence-electron chi connectivity index (χ4n) is 6.11. The van der Waals surface area contributed by atoms with Crippen molar-refractivity contribution >= 4 is 29.0 Å². The summed E-state index contributed by atoms with van der Waals surface area (Å²) in [5.41, 5.74) is 1.97. The first-order chi connectivity index (χ1) is 24.6. The Labute approximate surface area is 292 Å². The largest absolute Gasteiger partial charge is 0.487 e. The number of carbonyl (C=O) groups is 1. The van der Waals surface area contributed by atoms with Gasteiger partial charge in [0.05, 0.1) is 35.4 Å². The highest BCUT2D eigenvalue weighted by Crippen LogP contribution is 2.40. The van der Waals surface area contributed by atoms with Gasteiger partial charge in [0.2, 0.25) is 0 Å². The highest BCUT2D eigenvalue weighted by molar-refractivity contribution is 6.20. The second kappa shape index (κ2) is 12.7. The number of fused-ring (bicyclic) bond motifs is 3. The molecule has 0 saturated carbocycles. The van der Waals surface area contributed by atoms with Gasteiger partial charge in [0, 0.05) is 89.1 Å². The zero-order valence-electron chi connectivity index (χ0n) is 26.3. The fraction of sp³-hybridized carbons (Fsp3) is 0.171. The molecule has 1 aliphatic heterocycles. The summed E-state index contributed by atoms with van der Waals surface area (Å²) in [7, 11) is 0. The normalized spacial score (nSPS) is 15.1. The number of aromatic nitrogens is 7. The monoisotopic (exact) mass is 713 g/mol. The van der Waals surface area contributed by atoms with Crippen molar-refractivity contribution in [1.82, 2.24) is 34.7 Å². The molecule has 1 aromatic carbocycles. The van der Waals surface area contributed by atoms with E-state index in [4.69, 9.17) is 21.7 Å². The maximum Gasteiger partial charge on any atom is 0.487 e. The molecule has 2 aliphatic rings. The summed E-state index contributed by atoms with van der Waals surface area (Å²) in [6.07, 6.45) is 8.95. The Balaban J connectivity index is 1.11. The van der Waals surface area contributed by atoms with Crippen LogP contribution in [0.3, 0.4) is 0 Å². The predicted molar refractivity (Wildman–Crippen MR) is 179 cm³/mol. The molecule has 1 aliphatic carbocycles. The number of pyridine rings is 3. The van der Waals surface area contributed by atoms with Crippen LogP contribution in [0.1, 0.15) is 28.0 Å². The average molecular weight is 714 g/mol. The van der Waals surface area contributed by atoms with Gasteiger partial charge < -0.3 is 15.0 Å². The van der Waals surface area contributed by atoms with Crippen LogP contribution in [-0.4, -0.2) is 65.4 Å². The molecule has 16 heteroatoms. The minimum Gasteiger partial charge on any atom is -0.420 e. The maximum absolute atomic E-state index is 14.3. The summed E-state index contributed by atoms with van der Waals surface area (Å²) in [4.78, 5) is 37.3. The van der Waals surface area contributed by atoms with E-state index in [1.165, 1.54) is 42.7 Å². The molecule has 0 radical (unpaired) electrons. The number of amides is 1. The average Bonchev–Trinajstić information content (AvgIpc) is 3.83. The van der Waals surface area contributed by atoms with Crippen LogP contribution >= 0.6 is 11.6 Å². The fourth-order valence-corrected chi connectivity index (χ4v) is 6.19. The van der Waals surface area contributed by atoms with Crippen molar-refractivity contribution in [3.63, 3.8) is 0 Å². The number of nitrogens with zero attached hydrogens (tertiary/aromatic N) is 8. The van der Waals surface area contributed by atoms with Crippen LogP contribution in [0.15, 0.2) is 85.7 Å². The molecule has 0 unspecified atom stereocenters. The van der Waals surface area contributed by atoms with Gasteiger partial charge in [0.25, 0.3) is 11.9 Å². The SMILES string of the molecule is O=C(Nc1ccc(OC(F)(F)Cl)cc1)c1cnc(N2CC[C@@H](F)C2)c(-c2cnc3c(c2)-c2nn(-c4nccc(-c5cncc(F)c5)n4)cc2C3)c1. The molecule has 6 aromatic rings. The van der Waals surface area contributed by atoms with E-state index in [2.05, 4.69) is 30.0 Å². The minimum absolute atomic E-state index is 0.152. The molecule has 51 heavy (non-hydrogen) atoms. The Morgan fingerprint density at radius 3 is 2.59 bits per heavy atom. The van der Waals surface area contributed by atoms with Gasteiger partial charge >= 0.3 is 5.57 Å². The number of halogens is 5. The van der Waals surface area contributed by atoms with Gasteiger partial charge in [-0.2, -0.15) is 5.10 Å². The molecule has 1 N–H and O–H groups in total. The van der Waals surface area contributed by atoms with Crippen LogP contribution in [0.5, 0.6) is 5.75 Å². The number of benzene rings is 1. The van der Waals surface area contributed by atoms with Crippen molar-refractivity contribution in [2.75, 3.05) is 23.3 Å². The van der Waals surface area contributed by atoms with Gasteiger partial charge in [-0.1, -0.05) is 0 Å². The molecule has 1 amide bonds. The molecule has 0 spiro atoms. The first-order valence-electron chi connectivity index (χ1n) is 15.6. The molecule has 1 saturated heterocycles. The van der Waals surface area contributed by atoms with Crippen molar-refractivity contribution in [3.8, 4) is 45.3 Å². The van der Waals surface area contributed by atoms with Gasteiger partial charge in [-0.15, -0.1) is 8.78 Å². The second-order valence-corrected chi connectivity index (χ2v) is 12.4. The van der Waals surface area contributed by atoms with Crippen molar-refractivity contribution < 1.29 is 27.1 Å². The van der Waals surface area contributed by atoms with Crippen LogP contribution < -0.4 is 15.0 Å². The number of ether oxygens (including phenoxy) is 1. The number of alkyl halides is 4. The number of carbonyl (C=O) groups excluding carboxylic acids is 1. The number of hydrogen-bond acceptors (Lipinski definition) is 9. The van der Waals surface area contributed by atoms with E-state index in [0.717, 1.165) is 23.0 Å². The Morgan fingerprint density at radius 2 is 1.82 bits per heavy atom. The van der Waals surface area contributed by atoms with Crippen molar-refractivity contribution in [2.45, 2.75) is 24.6 Å². The van der Waals surface area contributed by atoms with E-state index in [1.54, 1.807) is 29.2 Å². The molecule has 5 aromatic heterocycles. The van der Waals surface area contributed by atoms with E-state index in [9.17, 15) is 22.4 Å². The Kier molecular flexibility index (Phi) is 8.05. The molecule has 0 bridgehead atoms. The van der Waals surface area contributed by atoms with Gasteiger partial charge in [0.1, 0.15) is 23.6 Å². The molecule has 11 nitrogen and oxygen atoms in total. The van der Waals surface area contributed by atoms with Gasteiger partial charge in [-0.25, -0.2) is 28.4 Å². The molecule has 6 heterocycles. The first kappa shape index (κ1) is 32.3. The van der Waals surface area contributed by atoms with Crippen LogP contribution in [0.4, 0.5) is 29.1 Å². The third-order valence-electron chi connectivity index (χ3n) is 8.44. The van der Waals surface area contributed by atoms with Crippen LogP contribution in [-0.2, 0) is 6.42 Å². The van der Waals surface area contributed by atoms with Crippen molar-refractivity contribution in [1.29, 1.82) is 0 Å². The zero-order chi connectivity index (χ0) is 35.3.